The molecule has 9 saturated heterocycles. The van der Waals surface area contributed by atoms with Crippen molar-refractivity contribution >= 4 is 18.2 Å². The third kappa shape index (κ3) is 17.2. The van der Waals surface area contributed by atoms with E-state index in [4.69, 9.17) is 85.3 Å². The first-order valence-corrected chi connectivity index (χ1v) is 43.2. The SMILES string of the molecule is C[C@@H]1O[C@@H](O[C@H]2[C@@H](O)[C@@H](C)O[C@@H](OC(=O)[C@]34CCC(C)(C)C[C@H]3C3=CC[C@@H]5[C@@]6(C)CC[C@H](O[C@@H]7O[C@H](C(=O)O)[C@@H](O)[C@H](O[C@@H]8OC[C@@H](O)[C@H](O)[C@H]8O)[C@H]7O[C@@H]7O[C@H](CO)[C@H](O)[C@H](O)[C@H]7O)[C@@](C)(C=O)[C@@H]6CC[C@@]5(C)[C@]3(C)C[C@H]4O)[C@@H]2O[C@@H]2O[C@@H](C)[C@H](O[C@@H]3OC[C@@H](O)[C@H](O[C@@H]4OC[C@](O)(CO)[C@H]4O)[C@H]3O)[C@@H](O[C@@H]3O[C@H](CO)[C@@H](O)[C@H](O)[C@H]3O)[C@H]2O)[C@H](O)[C@H](O)[C@H]1O. The van der Waals surface area contributed by atoms with Crippen LogP contribution in [0.15, 0.2) is 11.6 Å². The van der Waals surface area contributed by atoms with Gasteiger partial charge in [0.2, 0.25) is 6.29 Å². The first kappa shape index (κ1) is 98.7. The number of hydrogen-bond donors (Lipinski definition) is 24. The molecule has 0 bridgehead atoms. The summed E-state index contributed by atoms with van der Waals surface area (Å²) in [6, 6.07) is 0. The van der Waals surface area contributed by atoms with Crippen LogP contribution in [-0.4, -0.2) is 444 Å². The van der Waals surface area contributed by atoms with Gasteiger partial charge < -0.3 is 213 Å². The van der Waals surface area contributed by atoms with Gasteiger partial charge in [-0.05, 0) is 118 Å². The van der Waals surface area contributed by atoms with Crippen LogP contribution >= 0.6 is 0 Å². The van der Waals surface area contributed by atoms with Crippen LogP contribution in [0.25, 0.3) is 0 Å². The topological polar surface area (TPSA) is 703 Å². The number of ether oxygens (including phenoxy) is 18. The second kappa shape index (κ2) is 37.4. The van der Waals surface area contributed by atoms with Gasteiger partial charge in [-0.3, -0.25) is 4.79 Å². The van der Waals surface area contributed by atoms with Crippen molar-refractivity contribution in [3.05, 3.63) is 11.6 Å². The smallest absolute Gasteiger partial charge is 0.335 e. The van der Waals surface area contributed by atoms with Crippen molar-refractivity contribution in [2.75, 3.05) is 39.6 Å². The summed E-state index contributed by atoms with van der Waals surface area (Å²) < 4.78 is 110. The van der Waals surface area contributed by atoms with E-state index in [1.54, 1.807) is 6.92 Å². The maximum absolute atomic E-state index is 16.5. The van der Waals surface area contributed by atoms with E-state index in [-0.39, 0.29) is 31.6 Å². The van der Waals surface area contributed by atoms with E-state index in [0.717, 1.165) is 11.9 Å². The number of fused-ring (bicyclic) bond motifs is 7. The first-order chi connectivity index (χ1) is 59.1. The largest absolute Gasteiger partial charge is 0.479 e. The Morgan fingerprint density at radius 3 is 1.53 bits per heavy atom. The van der Waals surface area contributed by atoms with Gasteiger partial charge in [0.25, 0.3) is 0 Å². The molecule has 45 nitrogen and oxygen atoms in total. The molecule has 13 fully saturated rings. The minimum Gasteiger partial charge on any atom is -0.479 e. The number of aliphatic hydroxyl groups excluding tert-OH is 22. The van der Waals surface area contributed by atoms with E-state index in [0.29, 0.717) is 32.1 Å². The summed E-state index contributed by atoms with van der Waals surface area (Å²) in [7, 11) is 0. The Balaban J connectivity index is 0.765. The maximum Gasteiger partial charge on any atom is 0.335 e. The lowest BCUT2D eigenvalue weighted by Crippen LogP contribution is -2.70. The molecule has 126 heavy (non-hydrogen) atoms. The fourth-order valence-corrected chi connectivity index (χ4v) is 22.9. The number of carboxylic acids is 1. The molecule has 45 heteroatoms. The van der Waals surface area contributed by atoms with Gasteiger partial charge in [0, 0.05) is 0 Å². The molecule has 9 aliphatic heterocycles. The van der Waals surface area contributed by atoms with Crippen molar-refractivity contribution in [3.8, 4) is 0 Å². The lowest BCUT2D eigenvalue weighted by Gasteiger charge is -2.71. The fraction of sp³-hybridized carbons (Fsp3) is 0.938. The molecule has 14 aliphatic rings. The van der Waals surface area contributed by atoms with E-state index in [9.17, 15) is 132 Å². The van der Waals surface area contributed by atoms with Crippen LogP contribution in [0.3, 0.4) is 0 Å². The van der Waals surface area contributed by atoms with Crippen molar-refractivity contribution < 1.29 is 222 Å². The number of carboxylic acid groups (broad SMARTS) is 1. The molecule has 9 heterocycles. The highest BCUT2D eigenvalue weighted by Crippen LogP contribution is 2.76. The second-order valence-corrected chi connectivity index (χ2v) is 38.9. The molecule has 5 aliphatic carbocycles. The summed E-state index contributed by atoms with van der Waals surface area (Å²) in [6.45, 7) is 11.2. The number of aliphatic hydroxyl groups is 23. The summed E-state index contributed by atoms with van der Waals surface area (Å²) in [5.41, 5.74) is -7.86. The second-order valence-electron chi connectivity index (χ2n) is 38.9. The molecule has 0 spiro atoms. The molecule has 0 aromatic rings. The van der Waals surface area contributed by atoms with Crippen molar-refractivity contribution in [1.82, 2.24) is 0 Å². The molecule has 0 unspecified atom stereocenters. The van der Waals surface area contributed by atoms with Gasteiger partial charge in [-0.25, -0.2) is 4.79 Å². The Bertz CT molecular complexity index is 3760. The van der Waals surface area contributed by atoms with E-state index in [1.165, 1.54) is 20.8 Å². The number of allylic oxidation sites excluding steroid dienone is 2. The van der Waals surface area contributed by atoms with Crippen LogP contribution < -0.4 is 0 Å². The summed E-state index contributed by atoms with van der Waals surface area (Å²) >= 11 is 0. The highest BCUT2D eigenvalue weighted by molar-refractivity contribution is 5.80. The lowest BCUT2D eigenvalue weighted by molar-refractivity contribution is -0.404. The van der Waals surface area contributed by atoms with Crippen molar-refractivity contribution in [1.29, 1.82) is 0 Å². The number of hydrogen-bond acceptors (Lipinski definition) is 44. The van der Waals surface area contributed by atoms with Gasteiger partial charge in [0.1, 0.15) is 176 Å². The Morgan fingerprint density at radius 2 is 0.944 bits per heavy atom. The fourth-order valence-electron chi connectivity index (χ4n) is 22.9. The Morgan fingerprint density at radius 1 is 0.452 bits per heavy atom. The molecule has 0 aromatic carbocycles. The number of carbonyl (C=O) groups is 3. The van der Waals surface area contributed by atoms with Crippen LogP contribution in [0, 0.1) is 50.2 Å². The molecular weight excluding hydrogens is 1690 g/mol. The predicted octanol–water partition coefficient (Wildman–Crippen LogP) is -9.67. The first-order valence-electron chi connectivity index (χ1n) is 43.2. The van der Waals surface area contributed by atoms with E-state index in [2.05, 4.69) is 19.9 Å². The number of aldehydes is 1. The molecule has 4 saturated carbocycles. The van der Waals surface area contributed by atoms with Crippen LogP contribution in [0.1, 0.15) is 120 Å². The van der Waals surface area contributed by atoms with Crippen molar-refractivity contribution in [3.63, 3.8) is 0 Å². The average Bonchev–Trinajstić information content (AvgIpc) is 0.748. The average molecular weight is 1820 g/mol. The zero-order valence-corrected chi connectivity index (χ0v) is 71.0. The van der Waals surface area contributed by atoms with E-state index >= 15 is 4.79 Å². The molecule has 0 amide bonds. The Kier molecular flexibility index (Phi) is 29.3. The number of esters is 1. The molecule has 51 atom stereocenters. The van der Waals surface area contributed by atoms with Gasteiger partial charge in [-0.15, -0.1) is 0 Å². The van der Waals surface area contributed by atoms with Gasteiger partial charge in [0.05, 0.1) is 75.6 Å². The third-order valence-corrected chi connectivity index (χ3v) is 30.8. The van der Waals surface area contributed by atoms with Crippen LogP contribution in [-0.2, 0) is 99.6 Å². The summed E-state index contributed by atoms with van der Waals surface area (Å²) in [5.74, 6) is -4.55. The maximum atomic E-state index is 16.5. The van der Waals surface area contributed by atoms with Gasteiger partial charge >= 0.3 is 11.9 Å². The standard InChI is InChI=1S/C81H128O45/c1-27-40(89)45(94)49(98)67(112-27)121-57-41(90)28(2)113-71(61(57)125-70-54(103)59(122-68-50(99)46(95)43(92)34(20-82)115-68)55(29(3)114-70)118-66-53(102)56(33(87)23-110-66)119-73-63(104)80(108,25-85)26-111-73)126-74(107)81-17-16-75(4,5)18-31(81)30-10-11-37-76(6)14-13-39(77(7,24-84)36(76)12-15-78(37,8)79(30,9)19-38(81)88)117-72-62(124-69-51(100)47(96)44(93)35(21-83)116-69)58(52(101)60(123-72)64(105)106)120-65-48(97)42(91)32(86)22-109-65/h10,24,27-29,31-63,65-73,82-83,85-104,108H,11-23,25-26H2,1-9H3,(H,105,106)/t27-,28+,29-,31-,32+,33+,34+,35+,36+,37+,38+,39-,40-,41-,42-,43+,44-,45+,46-,47-,48+,49+,50+,51+,52-,53+,54+,55-,56-,57-,58-,59-,60-,61+,62+,63-,65-,66-,67-,68-,69-,70-,71-,72+,73-,76-,77-,78+,79+,80+,81+/m0/s1. The molecular formula is C81H128O45. The van der Waals surface area contributed by atoms with E-state index in [1.807, 2.05) is 20.8 Å². The zero-order valence-electron chi connectivity index (χ0n) is 71.0. The van der Waals surface area contributed by atoms with Crippen molar-refractivity contribution in [2.45, 2.75) is 384 Å². The van der Waals surface area contributed by atoms with Crippen molar-refractivity contribution in [2.24, 2.45) is 50.2 Å². The minimum atomic E-state index is -2.33. The summed E-state index contributed by atoms with van der Waals surface area (Å²) in [5, 5.41) is 268. The quantitative estimate of drug-likeness (QED) is 0.0195. The molecule has 722 valence electrons. The number of rotatable bonds is 23. The molecule has 24 N–H and O–H groups in total. The van der Waals surface area contributed by atoms with Gasteiger partial charge in [0.15, 0.2) is 62.5 Å². The monoisotopic (exact) mass is 1820 g/mol. The third-order valence-electron chi connectivity index (χ3n) is 30.8. The van der Waals surface area contributed by atoms with Crippen LogP contribution in [0.4, 0.5) is 0 Å². The minimum absolute atomic E-state index is 0.00958. The molecule has 14 rings (SSSR count). The van der Waals surface area contributed by atoms with Gasteiger partial charge in [-0.1, -0.05) is 53.2 Å². The highest BCUT2D eigenvalue weighted by atomic mass is 16.8. The summed E-state index contributed by atoms with van der Waals surface area (Å²) in [6.07, 6.45) is -75.1. The van der Waals surface area contributed by atoms with Gasteiger partial charge in [-0.2, -0.15) is 0 Å². The zero-order chi connectivity index (χ0) is 92.0. The highest BCUT2D eigenvalue weighted by Gasteiger charge is 2.74. The molecule has 0 radical (unpaired) electrons. The number of carbonyl (C=O) groups excluding carboxylic acids is 2. The van der Waals surface area contributed by atoms with Crippen LogP contribution in [0.2, 0.25) is 0 Å². The Hall–Kier alpha value is -3.25. The predicted molar refractivity (Wildman–Crippen MR) is 406 cm³/mol. The molecule has 0 aromatic heterocycles. The van der Waals surface area contributed by atoms with Crippen LogP contribution in [0.5, 0.6) is 0 Å². The lowest BCUT2D eigenvalue weighted by atomic mass is 9.33. The number of aliphatic carboxylic acids is 1. The van der Waals surface area contributed by atoms with E-state index < -0.39 is 360 Å². The Labute approximate surface area is 723 Å². The summed E-state index contributed by atoms with van der Waals surface area (Å²) in [4.78, 5) is 44.1. The normalized spacial score (nSPS) is 55.2.